The Morgan fingerprint density at radius 1 is 1.64 bits per heavy atom. The summed E-state index contributed by atoms with van der Waals surface area (Å²) in [6, 6.07) is 2.11. The zero-order valence-corrected chi connectivity index (χ0v) is 8.02. The van der Waals surface area contributed by atoms with Crippen molar-refractivity contribution in [3.8, 4) is 6.07 Å². The lowest BCUT2D eigenvalue weighted by molar-refractivity contribution is -0.0395. The molecule has 2 heterocycles. The lowest BCUT2D eigenvalue weighted by Crippen LogP contribution is -2.18. The summed E-state index contributed by atoms with van der Waals surface area (Å²) >= 11 is 0. The Hall–Kier alpha value is -1.34. The van der Waals surface area contributed by atoms with Crippen LogP contribution in [0.2, 0.25) is 0 Å². The molecule has 0 saturated carbocycles. The van der Waals surface area contributed by atoms with Crippen molar-refractivity contribution in [2.45, 2.75) is 31.9 Å². The van der Waals surface area contributed by atoms with Gasteiger partial charge < -0.3 is 4.74 Å². The van der Waals surface area contributed by atoms with Crippen molar-refractivity contribution in [2.75, 3.05) is 6.61 Å². The van der Waals surface area contributed by atoms with E-state index in [-0.39, 0.29) is 6.23 Å². The highest BCUT2D eigenvalue weighted by molar-refractivity contribution is 5.09. The maximum Gasteiger partial charge on any atom is 0.150 e. The molecule has 1 aromatic rings. The zero-order valence-electron chi connectivity index (χ0n) is 8.02. The molecule has 1 atom stereocenters. The molecule has 0 radical (unpaired) electrons. The van der Waals surface area contributed by atoms with Gasteiger partial charge in [-0.2, -0.15) is 10.4 Å². The standard InChI is InChI=1S/C10H13N3O/c11-5-4-9-7-12-13(8-9)10-3-1-2-6-14-10/h7-8,10H,1-4,6H2. The van der Waals surface area contributed by atoms with E-state index in [1.165, 1.54) is 6.42 Å². The Bertz CT molecular complexity index is 333. The van der Waals surface area contributed by atoms with E-state index in [0.717, 1.165) is 25.0 Å². The molecule has 0 aliphatic carbocycles. The van der Waals surface area contributed by atoms with Crippen LogP contribution in [0.15, 0.2) is 12.4 Å². The van der Waals surface area contributed by atoms with Crippen molar-refractivity contribution in [1.29, 1.82) is 5.26 Å². The van der Waals surface area contributed by atoms with Crippen LogP contribution < -0.4 is 0 Å². The summed E-state index contributed by atoms with van der Waals surface area (Å²) in [5.41, 5.74) is 0.960. The first-order chi connectivity index (χ1) is 6.90. The molecule has 0 spiro atoms. The summed E-state index contributed by atoms with van der Waals surface area (Å²) in [5, 5.41) is 12.7. The van der Waals surface area contributed by atoms with E-state index in [1.54, 1.807) is 6.20 Å². The maximum atomic E-state index is 8.52. The highest BCUT2D eigenvalue weighted by Gasteiger charge is 2.16. The SMILES string of the molecule is N#CCc1cnn(C2CCCCO2)c1. The van der Waals surface area contributed by atoms with E-state index in [1.807, 2.05) is 10.9 Å². The third kappa shape index (κ3) is 1.94. The summed E-state index contributed by atoms with van der Waals surface area (Å²) in [6.45, 7) is 0.818. The van der Waals surface area contributed by atoms with Gasteiger partial charge in [-0.3, -0.25) is 0 Å². The van der Waals surface area contributed by atoms with Gasteiger partial charge in [0.05, 0.1) is 18.7 Å². The highest BCUT2D eigenvalue weighted by atomic mass is 16.5. The fourth-order valence-corrected chi connectivity index (χ4v) is 1.65. The fraction of sp³-hybridized carbons (Fsp3) is 0.600. The number of rotatable bonds is 2. The molecule has 1 saturated heterocycles. The number of ether oxygens (including phenoxy) is 1. The second-order valence-corrected chi connectivity index (χ2v) is 3.48. The topological polar surface area (TPSA) is 50.8 Å². The first-order valence-electron chi connectivity index (χ1n) is 4.92. The van der Waals surface area contributed by atoms with Crippen molar-refractivity contribution >= 4 is 0 Å². The second-order valence-electron chi connectivity index (χ2n) is 3.48. The van der Waals surface area contributed by atoms with Crippen LogP contribution >= 0.6 is 0 Å². The normalized spacial score (nSPS) is 21.8. The minimum atomic E-state index is 0.0798. The van der Waals surface area contributed by atoms with Crippen molar-refractivity contribution in [3.05, 3.63) is 18.0 Å². The van der Waals surface area contributed by atoms with E-state index in [4.69, 9.17) is 10.00 Å². The van der Waals surface area contributed by atoms with E-state index in [2.05, 4.69) is 11.2 Å². The number of nitriles is 1. The van der Waals surface area contributed by atoms with Crippen LogP contribution in [0, 0.1) is 11.3 Å². The molecule has 1 aliphatic rings. The first kappa shape index (κ1) is 9.22. The Morgan fingerprint density at radius 2 is 2.57 bits per heavy atom. The Labute approximate surface area is 83.1 Å². The molecule has 0 N–H and O–H groups in total. The van der Waals surface area contributed by atoms with Crippen molar-refractivity contribution < 1.29 is 4.74 Å². The van der Waals surface area contributed by atoms with Crippen LogP contribution in [0.3, 0.4) is 0 Å². The van der Waals surface area contributed by atoms with Gasteiger partial charge in [-0.05, 0) is 19.3 Å². The average molecular weight is 191 g/mol. The van der Waals surface area contributed by atoms with Gasteiger partial charge in [-0.25, -0.2) is 4.68 Å². The van der Waals surface area contributed by atoms with Gasteiger partial charge in [0.1, 0.15) is 6.23 Å². The third-order valence-corrected chi connectivity index (χ3v) is 2.39. The van der Waals surface area contributed by atoms with E-state index in [0.29, 0.717) is 6.42 Å². The van der Waals surface area contributed by atoms with Crippen LogP contribution in [0.25, 0.3) is 0 Å². The molecule has 1 unspecified atom stereocenters. The van der Waals surface area contributed by atoms with Crippen molar-refractivity contribution in [2.24, 2.45) is 0 Å². The largest absolute Gasteiger partial charge is 0.357 e. The van der Waals surface area contributed by atoms with Crippen molar-refractivity contribution in [1.82, 2.24) is 9.78 Å². The van der Waals surface area contributed by atoms with Gasteiger partial charge in [0.25, 0.3) is 0 Å². The fourth-order valence-electron chi connectivity index (χ4n) is 1.65. The number of nitrogens with zero attached hydrogens (tertiary/aromatic N) is 3. The first-order valence-corrected chi connectivity index (χ1v) is 4.92. The number of hydrogen-bond acceptors (Lipinski definition) is 3. The Kier molecular flexibility index (Phi) is 2.80. The molecule has 0 aromatic carbocycles. The number of aromatic nitrogens is 2. The Balaban J connectivity index is 2.04. The molecule has 14 heavy (non-hydrogen) atoms. The molecule has 1 aromatic heterocycles. The minimum Gasteiger partial charge on any atom is -0.357 e. The van der Waals surface area contributed by atoms with Crippen LogP contribution in [0.5, 0.6) is 0 Å². The van der Waals surface area contributed by atoms with Crippen molar-refractivity contribution in [3.63, 3.8) is 0 Å². The predicted octanol–water partition coefficient (Wildman–Crippen LogP) is 1.65. The summed E-state index contributed by atoms with van der Waals surface area (Å²) in [4.78, 5) is 0. The molecular weight excluding hydrogens is 178 g/mol. The summed E-state index contributed by atoms with van der Waals surface area (Å²) in [7, 11) is 0. The predicted molar refractivity (Wildman–Crippen MR) is 50.4 cm³/mol. The summed E-state index contributed by atoms with van der Waals surface area (Å²) in [5.74, 6) is 0. The van der Waals surface area contributed by atoms with Gasteiger partial charge in [0.2, 0.25) is 0 Å². The van der Waals surface area contributed by atoms with Gasteiger partial charge >= 0.3 is 0 Å². The van der Waals surface area contributed by atoms with Crippen LogP contribution in [-0.4, -0.2) is 16.4 Å². The molecule has 74 valence electrons. The Morgan fingerprint density at radius 3 is 3.29 bits per heavy atom. The smallest absolute Gasteiger partial charge is 0.150 e. The van der Waals surface area contributed by atoms with E-state index >= 15 is 0 Å². The quantitative estimate of drug-likeness (QED) is 0.714. The molecule has 0 bridgehead atoms. The van der Waals surface area contributed by atoms with E-state index < -0.39 is 0 Å². The van der Waals surface area contributed by atoms with E-state index in [9.17, 15) is 0 Å². The maximum absolute atomic E-state index is 8.52. The highest BCUT2D eigenvalue weighted by Crippen LogP contribution is 2.21. The number of hydrogen-bond donors (Lipinski definition) is 0. The van der Waals surface area contributed by atoms with Gasteiger partial charge in [-0.1, -0.05) is 0 Å². The second kappa shape index (κ2) is 4.25. The molecule has 4 nitrogen and oxygen atoms in total. The summed E-state index contributed by atoms with van der Waals surface area (Å²) < 4.78 is 7.40. The zero-order chi connectivity index (χ0) is 9.80. The average Bonchev–Trinajstić information content (AvgIpc) is 2.68. The van der Waals surface area contributed by atoms with Crippen LogP contribution in [-0.2, 0) is 11.2 Å². The van der Waals surface area contributed by atoms with Crippen LogP contribution in [0.4, 0.5) is 0 Å². The molecule has 2 rings (SSSR count). The van der Waals surface area contributed by atoms with Crippen LogP contribution in [0.1, 0.15) is 31.1 Å². The molecule has 4 heteroatoms. The monoisotopic (exact) mass is 191 g/mol. The molecule has 1 fully saturated rings. The lowest BCUT2D eigenvalue weighted by Gasteiger charge is -2.22. The third-order valence-electron chi connectivity index (χ3n) is 2.39. The minimum absolute atomic E-state index is 0.0798. The molecule has 0 amide bonds. The lowest BCUT2D eigenvalue weighted by atomic mass is 10.2. The van der Waals surface area contributed by atoms with Gasteiger partial charge in [0.15, 0.2) is 0 Å². The van der Waals surface area contributed by atoms with Gasteiger partial charge in [0, 0.05) is 18.4 Å². The molecular formula is C10H13N3O. The van der Waals surface area contributed by atoms with Gasteiger partial charge in [-0.15, -0.1) is 0 Å². The molecule has 1 aliphatic heterocycles. The summed E-state index contributed by atoms with van der Waals surface area (Å²) in [6.07, 6.45) is 7.50.